The molecule has 1 aliphatic heterocycles. The maximum atomic E-state index is 12.7. The number of hydrogen-bond donors (Lipinski definition) is 1. The summed E-state index contributed by atoms with van der Waals surface area (Å²) in [6, 6.07) is 15.0. The molecule has 138 valence electrons. The third-order valence-corrected chi connectivity index (χ3v) is 6.07. The van der Waals surface area contributed by atoms with Gasteiger partial charge in [0.1, 0.15) is 6.04 Å². The Morgan fingerprint density at radius 1 is 1.08 bits per heavy atom. The molecule has 5 nitrogen and oxygen atoms in total. The Morgan fingerprint density at radius 2 is 1.69 bits per heavy atom. The van der Waals surface area contributed by atoms with Gasteiger partial charge in [-0.05, 0) is 35.1 Å². The van der Waals surface area contributed by atoms with Gasteiger partial charge in [-0.3, -0.25) is 4.79 Å². The number of benzene rings is 2. The van der Waals surface area contributed by atoms with Gasteiger partial charge in [0.15, 0.2) is 0 Å². The second-order valence-corrected chi connectivity index (χ2v) is 8.62. The SMILES string of the molecule is CCc1ccc(CNC(=O)C2Cc3ccccc3CN2S(C)(=O)=O)cc1. The van der Waals surface area contributed by atoms with Crippen molar-refractivity contribution < 1.29 is 13.2 Å². The van der Waals surface area contributed by atoms with Gasteiger partial charge in [0.2, 0.25) is 15.9 Å². The largest absolute Gasteiger partial charge is 0.351 e. The van der Waals surface area contributed by atoms with Crippen LogP contribution in [0.15, 0.2) is 48.5 Å². The maximum absolute atomic E-state index is 12.7. The third kappa shape index (κ3) is 4.14. The fourth-order valence-corrected chi connectivity index (χ4v) is 4.28. The van der Waals surface area contributed by atoms with Crippen molar-refractivity contribution in [3.63, 3.8) is 0 Å². The lowest BCUT2D eigenvalue weighted by Crippen LogP contribution is -2.52. The Bertz CT molecular complexity index is 892. The van der Waals surface area contributed by atoms with E-state index in [1.54, 1.807) is 0 Å². The quantitative estimate of drug-likeness (QED) is 0.875. The highest BCUT2D eigenvalue weighted by molar-refractivity contribution is 7.88. The summed E-state index contributed by atoms with van der Waals surface area (Å²) in [5, 5.41) is 2.89. The number of nitrogens with one attached hydrogen (secondary N) is 1. The lowest BCUT2D eigenvalue weighted by Gasteiger charge is -2.34. The summed E-state index contributed by atoms with van der Waals surface area (Å²) in [5.41, 5.74) is 4.22. The van der Waals surface area contributed by atoms with E-state index < -0.39 is 16.1 Å². The number of fused-ring (bicyclic) bond motifs is 1. The van der Waals surface area contributed by atoms with Gasteiger partial charge in [-0.2, -0.15) is 4.31 Å². The van der Waals surface area contributed by atoms with E-state index in [0.29, 0.717) is 13.0 Å². The highest BCUT2D eigenvalue weighted by atomic mass is 32.2. The summed E-state index contributed by atoms with van der Waals surface area (Å²) in [4.78, 5) is 12.7. The highest BCUT2D eigenvalue weighted by Gasteiger charge is 2.36. The molecule has 2 aromatic carbocycles. The number of amides is 1. The second-order valence-electron chi connectivity index (χ2n) is 6.68. The zero-order chi connectivity index (χ0) is 18.7. The van der Waals surface area contributed by atoms with Crippen LogP contribution >= 0.6 is 0 Å². The molecule has 0 aromatic heterocycles. The summed E-state index contributed by atoms with van der Waals surface area (Å²) in [6.07, 6.45) is 2.52. The Labute approximate surface area is 155 Å². The summed E-state index contributed by atoms with van der Waals surface area (Å²) >= 11 is 0. The first-order valence-corrected chi connectivity index (χ1v) is 10.6. The first-order chi connectivity index (χ1) is 12.4. The summed E-state index contributed by atoms with van der Waals surface area (Å²) in [7, 11) is -3.48. The van der Waals surface area contributed by atoms with Crippen LogP contribution in [-0.4, -0.2) is 30.9 Å². The lowest BCUT2D eigenvalue weighted by molar-refractivity contribution is -0.125. The molecule has 1 atom stereocenters. The van der Waals surface area contributed by atoms with Crippen molar-refractivity contribution in [1.29, 1.82) is 0 Å². The summed E-state index contributed by atoms with van der Waals surface area (Å²) in [5.74, 6) is -0.260. The summed E-state index contributed by atoms with van der Waals surface area (Å²) in [6.45, 7) is 2.72. The fraction of sp³-hybridized carbons (Fsp3) is 0.350. The number of carbonyl (C=O) groups excluding carboxylic acids is 1. The van der Waals surface area contributed by atoms with E-state index >= 15 is 0 Å². The third-order valence-electron chi connectivity index (χ3n) is 4.83. The minimum absolute atomic E-state index is 0.234. The van der Waals surface area contributed by atoms with Crippen LogP contribution in [0.4, 0.5) is 0 Å². The van der Waals surface area contributed by atoms with E-state index in [-0.39, 0.29) is 12.5 Å². The Morgan fingerprint density at radius 3 is 2.31 bits per heavy atom. The molecular formula is C20H24N2O3S. The number of carbonyl (C=O) groups is 1. The van der Waals surface area contributed by atoms with Gasteiger partial charge >= 0.3 is 0 Å². The monoisotopic (exact) mass is 372 g/mol. The van der Waals surface area contributed by atoms with Crippen LogP contribution in [-0.2, 0) is 40.7 Å². The first-order valence-electron chi connectivity index (χ1n) is 8.77. The van der Waals surface area contributed by atoms with Crippen LogP contribution in [0.5, 0.6) is 0 Å². The standard InChI is InChI=1S/C20H24N2O3S/c1-3-15-8-10-16(11-9-15)13-21-20(23)19-12-17-6-4-5-7-18(17)14-22(19)26(2,24)25/h4-11,19H,3,12-14H2,1-2H3,(H,21,23). The van der Waals surface area contributed by atoms with E-state index in [1.807, 2.05) is 48.5 Å². The van der Waals surface area contributed by atoms with E-state index in [0.717, 1.165) is 29.4 Å². The Balaban J connectivity index is 1.75. The number of aryl methyl sites for hydroxylation is 1. The number of hydrogen-bond acceptors (Lipinski definition) is 3. The zero-order valence-corrected chi connectivity index (χ0v) is 15.9. The molecule has 0 saturated carbocycles. The predicted molar refractivity (Wildman–Crippen MR) is 102 cm³/mol. The van der Waals surface area contributed by atoms with Crippen molar-refractivity contribution in [3.8, 4) is 0 Å². The first kappa shape index (κ1) is 18.6. The van der Waals surface area contributed by atoms with Gasteiger partial charge in [-0.25, -0.2) is 8.42 Å². The molecule has 1 amide bonds. The fourth-order valence-electron chi connectivity index (χ4n) is 3.27. The molecule has 1 aliphatic rings. The van der Waals surface area contributed by atoms with Crippen molar-refractivity contribution in [1.82, 2.24) is 9.62 Å². The average Bonchev–Trinajstić information content (AvgIpc) is 2.64. The Hall–Kier alpha value is -2.18. The number of rotatable bonds is 5. The predicted octanol–water partition coefficient (Wildman–Crippen LogP) is 2.25. The van der Waals surface area contributed by atoms with Gasteiger partial charge in [0.25, 0.3) is 0 Å². The molecule has 0 spiro atoms. The minimum Gasteiger partial charge on any atom is -0.351 e. The van der Waals surface area contributed by atoms with Crippen LogP contribution < -0.4 is 5.32 Å². The van der Waals surface area contributed by atoms with Crippen LogP contribution in [0.1, 0.15) is 29.2 Å². The van der Waals surface area contributed by atoms with E-state index in [9.17, 15) is 13.2 Å². The molecule has 0 bridgehead atoms. The topological polar surface area (TPSA) is 66.5 Å². The van der Waals surface area contributed by atoms with Gasteiger partial charge in [-0.1, -0.05) is 55.5 Å². The minimum atomic E-state index is -3.48. The average molecular weight is 372 g/mol. The van der Waals surface area contributed by atoms with E-state index in [2.05, 4.69) is 12.2 Å². The zero-order valence-electron chi connectivity index (χ0n) is 15.1. The molecule has 0 radical (unpaired) electrons. The molecule has 6 heteroatoms. The van der Waals surface area contributed by atoms with Crippen LogP contribution in [0.3, 0.4) is 0 Å². The Kier molecular flexibility index (Phi) is 5.44. The van der Waals surface area contributed by atoms with Crippen LogP contribution in [0.25, 0.3) is 0 Å². The maximum Gasteiger partial charge on any atom is 0.239 e. The second kappa shape index (κ2) is 7.60. The van der Waals surface area contributed by atoms with Gasteiger partial charge in [0.05, 0.1) is 6.26 Å². The normalized spacial score (nSPS) is 17.5. The molecule has 1 heterocycles. The number of nitrogens with zero attached hydrogens (tertiary/aromatic N) is 1. The molecular weight excluding hydrogens is 348 g/mol. The van der Waals surface area contributed by atoms with Crippen LogP contribution in [0, 0.1) is 0 Å². The molecule has 1 N–H and O–H groups in total. The van der Waals surface area contributed by atoms with Crippen molar-refractivity contribution in [2.24, 2.45) is 0 Å². The van der Waals surface area contributed by atoms with Gasteiger partial charge in [0, 0.05) is 13.1 Å². The molecule has 0 saturated heterocycles. The summed E-state index contributed by atoms with van der Waals surface area (Å²) < 4.78 is 25.7. The van der Waals surface area contributed by atoms with E-state index in [4.69, 9.17) is 0 Å². The molecule has 3 rings (SSSR count). The molecule has 2 aromatic rings. The van der Waals surface area contributed by atoms with Crippen molar-refractivity contribution in [2.75, 3.05) is 6.26 Å². The van der Waals surface area contributed by atoms with Crippen molar-refractivity contribution in [2.45, 2.75) is 38.9 Å². The highest BCUT2D eigenvalue weighted by Crippen LogP contribution is 2.25. The van der Waals surface area contributed by atoms with Crippen molar-refractivity contribution >= 4 is 15.9 Å². The van der Waals surface area contributed by atoms with E-state index in [1.165, 1.54) is 9.87 Å². The molecule has 0 fully saturated rings. The number of sulfonamides is 1. The van der Waals surface area contributed by atoms with Crippen LogP contribution in [0.2, 0.25) is 0 Å². The van der Waals surface area contributed by atoms with Crippen molar-refractivity contribution in [3.05, 3.63) is 70.8 Å². The molecule has 26 heavy (non-hydrogen) atoms. The molecule has 1 unspecified atom stereocenters. The lowest BCUT2D eigenvalue weighted by atomic mass is 9.95. The van der Waals surface area contributed by atoms with Gasteiger partial charge < -0.3 is 5.32 Å². The van der Waals surface area contributed by atoms with Gasteiger partial charge in [-0.15, -0.1) is 0 Å². The molecule has 0 aliphatic carbocycles. The smallest absolute Gasteiger partial charge is 0.239 e.